The first-order chi connectivity index (χ1) is 13.6. The van der Waals surface area contributed by atoms with Gasteiger partial charge in [-0.05, 0) is 48.7 Å². The maximum atomic E-state index is 13.0. The largest absolute Gasteiger partial charge is 0.353 e. The Morgan fingerprint density at radius 1 is 1.29 bits per heavy atom. The third-order valence-electron chi connectivity index (χ3n) is 5.14. The number of piperidine rings is 1. The maximum Gasteiger partial charge on any atom is 0.332 e. The van der Waals surface area contributed by atoms with Crippen LogP contribution >= 0.6 is 23.1 Å². The van der Waals surface area contributed by atoms with Gasteiger partial charge in [0.25, 0.3) is 5.91 Å². The molecule has 2 aliphatic rings. The standard InChI is InChI=1S/C20H21N3O3S2/c1-27-15-5-2-4-14(11-15)23-19(25)17-10-13(7-8-22(17)20(23)26)21-18(24)12-16-6-3-9-28-16/h2-6,9,11,13,17H,7-8,10,12H2,1H3,(H,21,24). The summed E-state index contributed by atoms with van der Waals surface area (Å²) in [5.41, 5.74) is 0.606. The number of carbonyl (C=O) groups excluding carboxylic acids is 3. The number of amides is 4. The Bertz CT molecular complexity index is 900. The molecule has 3 heterocycles. The molecule has 0 bridgehead atoms. The van der Waals surface area contributed by atoms with E-state index in [9.17, 15) is 14.4 Å². The minimum Gasteiger partial charge on any atom is -0.353 e. The first kappa shape index (κ1) is 19.0. The quantitative estimate of drug-likeness (QED) is 0.602. The summed E-state index contributed by atoms with van der Waals surface area (Å²) in [6.07, 6.45) is 3.42. The number of imide groups is 1. The van der Waals surface area contributed by atoms with E-state index in [1.807, 2.05) is 42.0 Å². The van der Waals surface area contributed by atoms with Crippen molar-refractivity contribution >= 4 is 46.6 Å². The van der Waals surface area contributed by atoms with Gasteiger partial charge in [0.05, 0.1) is 12.1 Å². The summed E-state index contributed by atoms with van der Waals surface area (Å²) in [5, 5.41) is 4.98. The van der Waals surface area contributed by atoms with E-state index in [2.05, 4.69) is 5.32 Å². The summed E-state index contributed by atoms with van der Waals surface area (Å²) < 4.78 is 0. The second-order valence-electron chi connectivity index (χ2n) is 6.91. The molecule has 1 aromatic heterocycles. The van der Waals surface area contributed by atoms with Crippen molar-refractivity contribution in [2.45, 2.75) is 36.2 Å². The number of benzene rings is 1. The fourth-order valence-corrected chi connectivity index (χ4v) is 4.93. The molecule has 4 amide bonds. The average Bonchev–Trinajstić information content (AvgIpc) is 3.28. The van der Waals surface area contributed by atoms with Crippen molar-refractivity contribution in [3.63, 3.8) is 0 Å². The molecule has 2 saturated heterocycles. The van der Waals surface area contributed by atoms with Crippen LogP contribution in [-0.2, 0) is 16.0 Å². The molecule has 146 valence electrons. The van der Waals surface area contributed by atoms with Gasteiger partial charge < -0.3 is 10.2 Å². The van der Waals surface area contributed by atoms with Crippen LogP contribution in [0.15, 0.2) is 46.7 Å². The summed E-state index contributed by atoms with van der Waals surface area (Å²) in [7, 11) is 0. The molecule has 0 radical (unpaired) electrons. The van der Waals surface area contributed by atoms with Crippen molar-refractivity contribution in [1.29, 1.82) is 0 Å². The highest BCUT2D eigenvalue weighted by molar-refractivity contribution is 7.98. The van der Waals surface area contributed by atoms with E-state index in [1.54, 1.807) is 34.1 Å². The molecule has 4 rings (SSSR count). The lowest BCUT2D eigenvalue weighted by Crippen LogP contribution is -2.50. The lowest BCUT2D eigenvalue weighted by Gasteiger charge is -2.32. The smallest absolute Gasteiger partial charge is 0.332 e. The van der Waals surface area contributed by atoms with Crippen molar-refractivity contribution in [3.05, 3.63) is 46.7 Å². The molecular formula is C20H21N3O3S2. The Balaban J connectivity index is 1.44. The lowest BCUT2D eigenvalue weighted by atomic mass is 9.97. The molecular weight excluding hydrogens is 394 g/mol. The highest BCUT2D eigenvalue weighted by atomic mass is 32.2. The summed E-state index contributed by atoms with van der Waals surface area (Å²) in [4.78, 5) is 43.0. The van der Waals surface area contributed by atoms with Crippen LogP contribution in [0.25, 0.3) is 0 Å². The van der Waals surface area contributed by atoms with Gasteiger partial charge in [-0.25, -0.2) is 9.69 Å². The van der Waals surface area contributed by atoms with E-state index < -0.39 is 6.04 Å². The molecule has 0 saturated carbocycles. The number of rotatable bonds is 5. The topological polar surface area (TPSA) is 69.7 Å². The minimum absolute atomic E-state index is 0.0396. The van der Waals surface area contributed by atoms with Crippen molar-refractivity contribution in [1.82, 2.24) is 10.2 Å². The molecule has 2 atom stereocenters. The van der Waals surface area contributed by atoms with Crippen LogP contribution in [0.1, 0.15) is 17.7 Å². The normalized spacial score (nSPS) is 21.8. The van der Waals surface area contributed by atoms with Gasteiger partial charge in [-0.15, -0.1) is 23.1 Å². The highest BCUT2D eigenvalue weighted by Crippen LogP contribution is 2.32. The molecule has 6 nitrogen and oxygen atoms in total. The van der Waals surface area contributed by atoms with Crippen molar-refractivity contribution in [2.24, 2.45) is 0 Å². The van der Waals surface area contributed by atoms with E-state index in [0.29, 0.717) is 31.5 Å². The molecule has 1 aromatic carbocycles. The highest BCUT2D eigenvalue weighted by Gasteiger charge is 2.48. The molecule has 2 aromatic rings. The van der Waals surface area contributed by atoms with Gasteiger partial charge in [0.15, 0.2) is 0 Å². The van der Waals surface area contributed by atoms with Gasteiger partial charge >= 0.3 is 6.03 Å². The number of nitrogens with zero attached hydrogens (tertiary/aromatic N) is 2. The number of carbonyl (C=O) groups is 3. The third kappa shape index (κ3) is 3.66. The monoisotopic (exact) mass is 415 g/mol. The van der Waals surface area contributed by atoms with Crippen LogP contribution in [0.4, 0.5) is 10.5 Å². The molecule has 28 heavy (non-hydrogen) atoms. The Kier molecular flexibility index (Phi) is 5.41. The Hall–Kier alpha value is -2.32. The second-order valence-corrected chi connectivity index (χ2v) is 8.82. The number of hydrogen-bond donors (Lipinski definition) is 1. The lowest BCUT2D eigenvalue weighted by molar-refractivity contribution is -0.124. The van der Waals surface area contributed by atoms with Crippen molar-refractivity contribution < 1.29 is 14.4 Å². The first-order valence-electron chi connectivity index (χ1n) is 9.17. The Morgan fingerprint density at radius 3 is 2.89 bits per heavy atom. The molecule has 2 aliphatic heterocycles. The number of nitrogens with one attached hydrogen (secondary N) is 1. The third-order valence-corrected chi connectivity index (χ3v) is 6.74. The van der Waals surface area contributed by atoms with Crippen LogP contribution < -0.4 is 10.2 Å². The Morgan fingerprint density at radius 2 is 2.14 bits per heavy atom. The van der Waals surface area contributed by atoms with Gasteiger partial charge in [0.2, 0.25) is 5.91 Å². The minimum atomic E-state index is -0.508. The number of thioether (sulfide) groups is 1. The average molecular weight is 416 g/mol. The van der Waals surface area contributed by atoms with Crippen LogP contribution in [0.3, 0.4) is 0 Å². The zero-order chi connectivity index (χ0) is 19.7. The second kappa shape index (κ2) is 7.97. The SMILES string of the molecule is CSc1cccc(N2C(=O)C3CC(NC(=O)Cc4cccs4)CCN3C2=O)c1. The zero-order valence-electron chi connectivity index (χ0n) is 15.5. The number of fused-ring (bicyclic) bond motifs is 1. The van der Waals surface area contributed by atoms with E-state index in [0.717, 1.165) is 9.77 Å². The number of anilines is 1. The molecule has 0 spiro atoms. The zero-order valence-corrected chi connectivity index (χ0v) is 17.1. The van der Waals surface area contributed by atoms with E-state index in [-0.39, 0.29) is 23.9 Å². The number of hydrogen-bond acceptors (Lipinski definition) is 5. The fourth-order valence-electron chi connectivity index (χ4n) is 3.77. The van der Waals surface area contributed by atoms with Crippen molar-refractivity contribution in [3.8, 4) is 0 Å². The molecule has 1 N–H and O–H groups in total. The van der Waals surface area contributed by atoms with Crippen LogP contribution in [0, 0.1) is 0 Å². The summed E-state index contributed by atoms with van der Waals surface area (Å²) in [5.74, 6) is -0.248. The molecule has 2 fully saturated rings. The van der Waals surface area contributed by atoms with Crippen LogP contribution in [-0.4, -0.2) is 47.6 Å². The summed E-state index contributed by atoms with van der Waals surface area (Å²) in [6, 6.07) is 10.4. The van der Waals surface area contributed by atoms with Gasteiger partial charge in [0.1, 0.15) is 6.04 Å². The van der Waals surface area contributed by atoms with Crippen LogP contribution in [0.2, 0.25) is 0 Å². The van der Waals surface area contributed by atoms with Crippen LogP contribution in [0.5, 0.6) is 0 Å². The molecule has 0 aliphatic carbocycles. The predicted molar refractivity (Wildman–Crippen MR) is 111 cm³/mol. The molecule has 8 heteroatoms. The summed E-state index contributed by atoms with van der Waals surface area (Å²) in [6.45, 7) is 0.470. The maximum absolute atomic E-state index is 13.0. The van der Waals surface area contributed by atoms with Crippen molar-refractivity contribution in [2.75, 3.05) is 17.7 Å². The molecule has 2 unspecified atom stereocenters. The number of urea groups is 1. The first-order valence-corrected chi connectivity index (χ1v) is 11.3. The van der Waals surface area contributed by atoms with Gasteiger partial charge in [-0.1, -0.05) is 12.1 Å². The number of thiophene rings is 1. The summed E-state index contributed by atoms with van der Waals surface area (Å²) >= 11 is 3.12. The van der Waals surface area contributed by atoms with Gasteiger partial charge in [-0.2, -0.15) is 0 Å². The Labute approximate surface area is 171 Å². The van der Waals surface area contributed by atoms with E-state index >= 15 is 0 Å². The van der Waals surface area contributed by atoms with E-state index in [1.165, 1.54) is 4.90 Å². The van der Waals surface area contributed by atoms with Gasteiger partial charge in [-0.3, -0.25) is 9.59 Å². The van der Waals surface area contributed by atoms with Gasteiger partial charge in [0, 0.05) is 22.4 Å². The fraction of sp³-hybridized carbons (Fsp3) is 0.350. The predicted octanol–water partition coefficient (Wildman–Crippen LogP) is 3.13. The van der Waals surface area contributed by atoms with E-state index in [4.69, 9.17) is 0 Å².